The molecule has 8 heteroatoms. The van der Waals surface area contributed by atoms with Crippen LogP contribution in [0.1, 0.15) is 52.7 Å². The van der Waals surface area contributed by atoms with Crippen molar-refractivity contribution in [1.29, 1.82) is 0 Å². The van der Waals surface area contributed by atoms with Crippen molar-refractivity contribution >= 4 is 11.8 Å². The van der Waals surface area contributed by atoms with Gasteiger partial charge in [0, 0.05) is 25.0 Å². The number of rotatable bonds is 7. The van der Waals surface area contributed by atoms with E-state index in [4.69, 9.17) is 15.2 Å². The molecular weight excluding hydrogens is 326 g/mol. The fourth-order valence-electron chi connectivity index (χ4n) is 2.56. The summed E-state index contributed by atoms with van der Waals surface area (Å²) >= 11 is 0. The molecule has 1 fully saturated rings. The van der Waals surface area contributed by atoms with Crippen LogP contribution in [0.3, 0.4) is 0 Å². The second kappa shape index (κ2) is 10.8. The normalized spacial score (nSPS) is 22.2. The summed E-state index contributed by atoms with van der Waals surface area (Å²) in [6.45, 7) is 5.97. The number of aliphatic hydroxyl groups is 1. The van der Waals surface area contributed by atoms with Gasteiger partial charge in [-0.3, -0.25) is 9.36 Å². The molecule has 1 aromatic rings. The predicted octanol–water partition coefficient (Wildman–Crippen LogP) is 1.48. The third-order valence-electron chi connectivity index (χ3n) is 3.90. The van der Waals surface area contributed by atoms with E-state index in [-0.39, 0.29) is 30.9 Å². The number of hydrogen-bond donors (Lipinski definition) is 2. The summed E-state index contributed by atoms with van der Waals surface area (Å²) in [6.07, 6.45) is 3.04. The van der Waals surface area contributed by atoms with E-state index < -0.39 is 18.0 Å². The van der Waals surface area contributed by atoms with Crippen LogP contribution >= 0.6 is 0 Å². The smallest absolute Gasteiger partial charge is 0.351 e. The molecule has 2 heterocycles. The molecule has 0 spiro atoms. The molecule has 0 amide bonds. The van der Waals surface area contributed by atoms with Crippen LogP contribution in [0.25, 0.3) is 0 Å². The topological polar surface area (TPSA) is 117 Å². The molecule has 142 valence electrons. The summed E-state index contributed by atoms with van der Waals surface area (Å²) in [4.78, 5) is 27.1. The molecular formula is C17H29N3O5. The first kappa shape index (κ1) is 21.1. The van der Waals surface area contributed by atoms with Crippen LogP contribution in [0.5, 0.6) is 0 Å². The first-order chi connectivity index (χ1) is 12.0. The van der Waals surface area contributed by atoms with Gasteiger partial charge < -0.3 is 20.3 Å². The number of esters is 1. The van der Waals surface area contributed by atoms with Crippen molar-refractivity contribution in [1.82, 2.24) is 9.55 Å². The highest BCUT2D eigenvalue weighted by Crippen LogP contribution is 2.32. The predicted molar refractivity (Wildman–Crippen MR) is 93.8 cm³/mol. The number of ether oxygens (including phenoxy) is 2. The zero-order valence-corrected chi connectivity index (χ0v) is 15.2. The Morgan fingerprint density at radius 1 is 1.52 bits per heavy atom. The number of unbranched alkanes of at least 4 members (excludes halogenated alkanes) is 1. The largest absolute Gasteiger partial charge is 0.465 e. The Hall–Kier alpha value is -1.93. The van der Waals surface area contributed by atoms with E-state index in [1.807, 2.05) is 20.8 Å². The molecule has 0 radical (unpaired) electrons. The number of carbonyl (C=O) groups excluding carboxylic acids is 1. The van der Waals surface area contributed by atoms with E-state index >= 15 is 0 Å². The number of nitrogen functional groups attached to an aromatic ring is 1. The Labute approximate surface area is 148 Å². The highest BCUT2D eigenvalue weighted by Gasteiger charge is 2.37. The van der Waals surface area contributed by atoms with Gasteiger partial charge >= 0.3 is 11.7 Å². The van der Waals surface area contributed by atoms with Crippen molar-refractivity contribution in [3.8, 4) is 0 Å². The van der Waals surface area contributed by atoms with E-state index in [2.05, 4.69) is 4.98 Å². The maximum absolute atomic E-state index is 11.9. The van der Waals surface area contributed by atoms with Crippen LogP contribution in [-0.4, -0.2) is 39.9 Å². The minimum absolute atomic E-state index is 0.143. The first-order valence-corrected chi connectivity index (χ1v) is 8.81. The van der Waals surface area contributed by atoms with Gasteiger partial charge in [0.25, 0.3) is 0 Å². The van der Waals surface area contributed by atoms with E-state index in [1.165, 1.54) is 16.8 Å². The third kappa shape index (κ3) is 6.13. The van der Waals surface area contributed by atoms with Crippen LogP contribution < -0.4 is 11.4 Å². The van der Waals surface area contributed by atoms with Gasteiger partial charge in [-0.1, -0.05) is 27.2 Å². The number of nitrogens with zero attached hydrogens (tertiary/aromatic N) is 2. The number of aromatic nitrogens is 2. The molecule has 3 N–H and O–H groups in total. The Balaban J connectivity index is 0.00000151. The van der Waals surface area contributed by atoms with Gasteiger partial charge in [0.1, 0.15) is 12.0 Å². The molecule has 3 unspecified atom stereocenters. The summed E-state index contributed by atoms with van der Waals surface area (Å²) in [5.41, 5.74) is 4.96. The first-order valence-electron chi connectivity index (χ1n) is 8.81. The zero-order valence-electron chi connectivity index (χ0n) is 15.2. The second-order valence-corrected chi connectivity index (χ2v) is 5.64. The highest BCUT2D eigenvalue weighted by molar-refractivity contribution is 5.69. The summed E-state index contributed by atoms with van der Waals surface area (Å²) < 4.78 is 12.3. The number of hydrogen-bond acceptors (Lipinski definition) is 7. The monoisotopic (exact) mass is 355 g/mol. The van der Waals surface area contributed by atoms with Crippen molar-refractivity contribution < 1.29 is 19.4 Å². The standard InChI is InChI=1S/C15H23N3O5.C2H6/c1-2-3-4-14(20)22-9-10-7-13(23-11(10)8-19)18-6-5-12(16)17-15(18)21;1-2/h5-6,10-11,13,19H,2-4,7-9H2,1H3,(H2,16,17,21);1-2H3. The molecule has 1 aliphatic heterocycles. The lowest BCUT2D eigenvalue weighted by atomic mass is 10.0. The molecule has 1 aliphatic rings. The van der Waals surface area contributed by atoms with E-state index in [0.29, 0.717) is 12.8 Å². The van der Waals surface area contributed by atoms with Crippen LogP contribution in [-0.2, 0) is 14.3 Å². The van der Waals surface area contributed by atoms with Gasteiger partial charge in [-0.15, -0.1) is 0 Å². The van der Waals surface area contributed by atoms with Gasteiger partial charge in [-0.25, -0.2) is 4.79 Å². The second-order valence-electron chi connectivity index (χ2n) is 5.64. The van der Waals surface area contributed by atoms with Crippen molar-refractivity contribution in [3.05, 3.63) is 22.7 Å². The number of aliphatic hydroxyl groups excluding tert-OH is 1. The minimum atomic E-state index is -0.549. The lowest BCUT2D eigenvalue weighted by molar-refractivity contribution is -0.146. The Morgan fingerprint density at radius 2 is 2.24 bits per heavy atom. The van der Waals surface area contributed by atoms with Crippen LogP contribution in [0, 0.1) is 5.92 Å². The Kier molecular flexibility index (Phi) is 9.15. The van der Waals surface area contributed by atoms with Crippen LogP contribution in [0.15, 0.2) is 17.1 Å². The van der Waals surface area contributed by atoms with Crippen molar-refractivity contribution in [2.75, 3.05) is 18.9 Å². The molecule has 3 atom stereocenters. The minimum Gasteiger partial charge on any atom is -0.465 e. The molecule has 0 saturated carbocycles. The van der Waals surface area contributed by atoms with E-state index in [9.17, 15) is 14.7 Å². The molecule has 0 aliphatic carbocycles. The lowest BCUT2D eigenvalue weighted by Crippen LogP contribution is -2.28. The van der Waals surface area contributed by atoms with Crippen molar-refractivity contribution in [3.63, 3.8) is 0 Å². The summed E-state index contributed by atoms with van der Waals surface area (Å²) in [6, 6.07) is 1.51. The molecule has 0 bridgehead atoms. The Morgan fingerprint density at radius 3 is 2.84 bits per heavy atom. The molecule has 25 heavy (non-hydrogen) atoms. The quantitative estimate of drug-likeness (QED) is 0.711. The molecule has 1 saturated heterocycles. The maximum atomic E-state index is 11.9. The summed E-state index contributed by atoms with van der Waals surface area (Å²) in [5, 5.41) is 9.43. The Bertz CT molecular complexity index is 590. The van der Waals surface area contributed by atoms with Crippen LogP contribution in [0.2, 0.25) is 0 Å². The fourth-order valence-corrected chi connectivity index (χ4v) is 2.56. The summed E-state index contributed by atoms with van der Waals surface area (Å²) in [7, 11) is 0. The zero-order chi connectivity index (χ0) is 18.8. The van der Waals surface area contributed by atoms with Crippen molar-refractivity contribution in [2.45, 2.75) is 58.8 Å². The number of carbonyl (C=O) groups is 1. The average molecular weight is 355 g/mol. The molecule has 8 nitrogen and oxygen atoms in total. The average Bonchev–Trinajstić information content (AvgIpc) is 3.02. The third-order valence-corrected chi connectivity index (χ3v) is 3.90. The van der Waals surface area contributed by atoms with Gasteiger partial charge in [-0.05, 0) is 12.5 Å². The van der Waals surface area contributed by atoms with E-state index in [1.54, 1.807) is 0 Å². The molecule has 2 rings (SSSR count). The summed E-state index contributed by atoms with van der Waals surface area (Å²) in [5.74, 6) is -0.275. The van der Waals surface area contributed by atoms with Crippen LogP contribution in [0.4, 0.5) is 5.82 Å². The fraction of sp³-hybridized carbons (Fsp3) is 0.706. The SMILES string of the molecule is CC.CCCCC(=O)OCC1CC(n2ccc(N)nc2=O)OC1CO. The van der Waals surface area contributed by atoms with Gasteiger partial charge in [0.2, 0.25) is 0 Å². The van der Waals surface area contributed by atoms with Gasteiger partial charge in [0.05, 0.1) is 19.3 Å². The number of anilines is 1. The van der Waals surface area contributed by atoms with Gasteiger partial charge in [-0.2, -0.15) is 4.98 Å². The molecule has 0 aromatic carbocycles. The van der Waals surface area contributed by atoms with Crippen molar-refractivity contribution in [2.24, 2.45) is 5.92 Å². The van der Waals surface area contributed by atoms with E-state index in [0.717, 1.165) is 12.8 Å². The lowest BCUT2D eigenvalue weighted by Gasteiger charge is -2.15. The maximum Gasteiger partial charge on any atom is 0.351 e. The number of nitrogens with two attached hydrogens (primary N) is 1. The highest BCUT2D eigenvalue weighted by atomic mass is 16.5. The molecule has 1 aromatic heterocycles. The van der Waals surface area contributed by atoms with Gasteiger partial charge in [0.15, 0.2) is 0 Å².